The molecule has 0 saturated carbocycles. The third kappa shape index (κ3) is 0.876. The largest absolute Gasteiger partial charge is 0.300 e. The van der Waals surface area contributed by atoms with Crippen molar-refractivity contribution >= 4 is 0 Å². The third-order valence-electron chi connectivity index (χ3n) is 4.88. The average molecular weight is 201 g/mol. The lowest BCUT2D eigenvalue weighted by Crippen LogP contribution is -2.65. The van der Waals surface area contributed by atoms with E-state index in [4.69, 9.17) is 0 Å². The number of hydrogen-bond acceptors (Lipinski definition) is 1. The van der Waals surface area contributed by atoms with Gasteiger partial charge in [-0.05, 0) is 0 Å². The summed E-state index contributed by atoms with van der Waals surface area (Å²) in [4.78, 5) is 2.68. The van der Waals surface area contributed by atoms with Gasteiger partial charge in [0, 0.05) is 5.56 Å². The van der Waals surface area contributed by atoms with Crippen molar-refractivity contribution in [1.82, 2.24) is 4.90 Å². The van der Waals surface area contributed by atoms with Gasteiger partial charge in [0.15, 0.2) is 5.66 Å². The summed E-state index contributed by atoms with van der Waals surface area (Å²) in [6, 6.07) is 11.0. The monoisotopic (exact) mass is 201 g/mol. The summed E-state index contributed by atoms with van der Waals surface area (Å²) >= 11 is 0. The Labute approximate surface area is 90.7 Å². The van der Waals surface area contributed by atoms with Crippen LogP contribution in [-0.4, -0.2) is 41.2 Å². The lowest BCUT2D eigenvalue weighted by atomic mass is 9.96. The summed E-state index contributed by atoms with van der Waals surface area (Å²) in [6.07, 6.45) is 1.44. The van der Waals surface area contributed by atoms with E-state index in [0.717, 1.165) is 0 Å². The summed E-state index contributed by atoms with van der Waals surface area (Å²) in [5.41, 5.74) is 2.14. The first-order valence-electron chi connectivity index (χ1n) is 6.00. The molecule has 1 aromatic rings. The van der Waals surface area contributed by atoms with Crippen molar-refractivity contribution in [2.45, 2.75) is 18.6 Å². The Morgan fingerprint density at radius 2 is 2.07 bits per heavy atom. The Balaban J connectivity index is 1.64. The van der Waals surface area contributed by atoms with Crippen LogP contribution in [0.2, 0.25) is 0 Å². The lowest BCUT2D eigenvalue weighted by Gasteiger charge is -2.49. The Kier molecular flexibility index (Phi) is 1.35. The van der Waals surface area contributed by atoms with Crippen molar-refractivity contribution < 1.29 is 4.48 Å². The van der Waals surface area contributed by atoms with E-state index in [2.05, 4.69) is 35.2 Å². The Bertz CT molecular complexity index is 396. The molecule has 0 aromatic heterocycles. The highest BCUT2D eigenvalue weighted by molar-refractivity contribution is 5.16. The molecule has 1 spiro atoms. The van der Waals surface area contributed by atoms with Crippen molar-refractivity contribution in [3.05, 3.63) is 35.9 Å². The molecule has 78 valence electrons. The molecule has 1 aromatic carbocycles. The maximum atomic E-state index is 2.68. The lowest BCUT2D eigenvalue weighted by molar-refractivity contribution is -1.00. The van der Waals surface area contributed by atoms with Crippen LogP contribution in [0.3, 0.4) is 0 Å². The van der Waals surface area contributed by atoms with Crippen molar-refractivity contribution in [2.75, 3.05) is 26.2 Å². The number of quaternary nitrogens is 1. The molecular weight excluding hydrogens is 184 g/mol. The molecule has 0 radical (unpaired) electrons. The van der Waals surface area contributed by atoms with E-state index >= 15 is 0 Å². The van der Waals surface area contributed by atoms with Crippen LogP contribution in [-0.2, 0) is 6.54 Å². The second-order valence-corrected chi connectivity index (χ2v) is 5.39. The van der Waals surface area contributed by atoms with Crippen LogP contribution in [0.25, 0.3) is 0 Å². The van der Waals surface area contributed by atoms with Gasteiger partial charge in [0.2, 0.25) is 0 Å². The van der Waals surface area contributed by atoms with E-state index in [1.54, 1.807) is 0 Å². The third-order valence-corrected chi connectivity index (χ3v) is 4.88. The Hall–Kier alpha value is -0.860. The molecule has 3 fully saturated rings. The fraction of sp³-hybridized carbons (Fsp3) is 0.538. The van der Waals surface area contributed by atoms with Gasteiger partial charge in [-0.2, -0.15) is 0 Å². The molecule has 2 heteroatoms. The molecule has 0 amide bonds. The fourth-order valence-corrected chi connectivity index (χ4v) is 3.80. The first-order valence-corrected chi connectivity index (χ1v) is 6.00. The predicted octanol–water partition coefficient (Wildman–Crippen LogP) is 1.43. The van der Waals surface area contributed by atoms with Crippen LogP contribution >= 0.6 is 0 Å². The highest BCUT2D eigenvalue weighted by atomic mass is 15.7. The van der Waals surface area contributed by atoms with Gasteiger partial charge in [-0.3, -0.25) is 4.48 Å². The quantitative estimate of drug-likeness (QED) is 0.517. The minimum absolute atomic E-state index is 0.621. The van der Waals surface area contributed by atoms with E-state index in [1.807, 2.05) is 0 Å². The smallest absolute Gasteiger partial charge is 0.175 e. The summed E-state index contributed by atoms with van der Waals surface area (Å²) in [7, 11) is 0. The molecule has 3 aliphatic heterocycles. The molecule has 4 rings (SSSR count). The molecule has 15 heavy (non-hydrogen) atoms. The highest BCUT2D eigenvalue weighted by Gasteiger charge is 2.77. The van der Waals surface area contributed by atoms with Crippen LogP contribution in [0.4, 0.5) is 0 Å². The number of rotatable bonds is 2. The summed E-state index contributed by atoms with van der Waals surface area (Å²) in [6.45, 7) is 6.77. The van der Waals surface area contributed by atoms with Crippen molar-refractivity contribution in [3.63, 3.8) is 0 Å². The van der Waals surface area contributed by atoms with Gasteiger partial charge in [-0.15, -0.1) is 0 Å². The zero-order valence-corrected chi connectivity index (χ0v) is 9.02. The van der Waals surface area contributed by atoms with Crippen LogP contribution < -0.4 is 0 Å². The van der Waals surface area contributed by atoms with Crippen molar-refractivity contribution in [2.24, 2.45) is 0 Å². The Morgan fingerprint density at radius 1 is 1.20 bits per heavy atom. The van der Waals surface area contributed by atoms with E-state index in [0.29, 0.717) is 5.66 Å². The van der Waals surface area contributed by atoms with Gasteiger partial charge in [-0.25, -0.2) is 4.90 Å². The van der Waals surface area contributed by atoms with E-state index in [1.165, 1.54) is 49.2 Å². The van der Waals surface area contributed by atoms with Crippen LogP contribution in [0.1, 0.15) is 12.0 Å². The fourth-order valence-electron chi connectivity index (χ4n) is 3.80. The van der Waals surface area contributed by atoms with Gasteiger partial charge in [0.25, 0.3) is 0 Å². The van der Waals surface area contributed by atoms with Crippen molar-refractivity contribution in [1.29, 1.82) is 0 Å². The van der Waals surface area contributed by atoms with E-state index < -0.39 is 0 Å². The summed E-state index contributed by atoms with van der Waals surface area (Å²) in [5.74, 6) is 0. The van der Waals surface area contributed by atoms with Crippen LogP contribution in [0.5, 0.6) is 0 Å². The zero-order valence-electron chi connectivity index (χ0n) is 9.02. The SMILES string of the molecule is c1ccc(C[N+]23CCN4CC42CC3)cc1. The molecule has 3 atom stereocenters. The van der Waals surface area contributed by atoms with Crippen molar-refractivity contribution in [3.8, 4) is 0 Å². The molecular formula is C13H17N2+. The van der Waals surface area contributed by atoms with E-state index in [-0.39, 0.29) is 0 Å². The van der Waals surface area contributed by atoms with Gasteiger partial charge < -0.3 is 0 Å². The van der Waals surface area contributed by atoms with Gasteiger partial charge in [0.05, 0.1) is 32.6 Å². The summed E-state index contributed by atoms with van der Waals surface area (Å²) < 4.78 is 1.37. The first-order chi connectivity index (χ1) is 7.35. The predicted molar refractivity (Wildman–Crippen MR) is 59.1 cm³/mol. The minimum Gasteiger partial charge on any atom is -0.300 e. The topological polar surface area (TPSA) is 3.01 Å². The first kappa shape index (κ1) is 8.31. The average Bonchev–Trinajstić information content (AvgIpc) is 2.97. The highest BCUT2D eigenvalue weighted by Crippen LogP contribution is 2.57. The standard InChI is InChI=1S/C13H17N2/c1-2-4-12(5-3-1)10-15-8-6-13(15)11-14(13)7-9-15/h1-5H,6-11H2/q+1. The van der Waals surface area contributed by atoms with Gasteiger partial charge in [-0.1, -0.05) is 30.3 Å². The number of nitrogens with zero attached hydrogens (tertiary/aromatic N) is 2. The molecule has 0 N–H and O–H groups in total. The maximum absolute atomic E-state index is 2.68. The molecule has 2 nitrogen and oxygen atoms in total. The molecule has 0 aliphatic carbocycles. The maximum Gasteiger partial charge on any atom is 0.175 e. The molecule has 3 saturated heterocycles. The zero-order chi connectivity index (χ0) is 9.93. The van der Waals surface area contributed by atoms with Gasteiger partial charge >= 0.3 is 0 Å². The number of piperazine rings is 1. The number of benzene rings is 1. The molecule has 3 unspecified atom stereocenters. The summed E-state index contributed by atoms with van der Waals surface area (Å²) in [5, 5.41) is 0. The second kappa shape index (κ2) is 2.45. The molecule has 3 heterocycles. The van der Waals surface area contributed by atoms with E-state index in [9.17, 15) is 0 Å². The Morgan fingerprint density at radius 3 is 2.67 bits per heavy atom. The van der Waals surface area contributed by atoms with Crippen LogP contribution in [0.15, 0.2) is 30.3 Å². The molecule has 3 aliphatic rings. The normalized spacial score (nSPS) is 45.5. The second-order valence-electron chi connectivity index (χ2n) is 5.39. The number of hydrogen-bond donors (Lipinski definition) is 0. The van der Waals surface area contributed by atoms with Crippen LogP contribution in [0, 0.1) is 0 Å². The minimum atomic E-state index is 0.621. The molecule has 0 bridgehead atoms. The van der Waals surface area contributed by atoms with Gasteiger partial charge in [0.1, 0.15) is 6.54 Å².